The van der Waals surface area contributed by atoms with Crippen LogP contribution in [0, 0.1) is 0 Å². The van der Waals surface area contributed by atoms with Gasteiger partial charge in [0.15, 0.2) is 5.89 Å². The average molecular weight is 370 g/mol. The first-order valence-electron chi connectivity index (χ1n) is 7.80. The zero-order chi connectivity index (χ0) is 19.2. The molecule has 2 aromatic rings. The number of aryl methyl sites for hydroxylation is 1. The molecule has 0 aliphatic heterocycles. The van der Waals surface area contributed by atoms with Gasteiger partial charge >= 0.3 is 18.1 Å². The molecule has 1 aromatic carbocycles. The summed E-state index contributed by atoms with van der Waals surface area (Å²) < 4.78 is 47.2. The summed E-state index contributed by atoms with van der Waals surface area (Å²) in [6.45, 7) is 0. The number of nitrogens with one attached hydrogen (secondary N) is 1. The van der Waals surface area contributed by atoms with Crippen LogP contribution in [0.15, 0.2) is 34.9 Å². The lowest BCUT2D eigenvalue weighted by molar-refractivity contribution is -0.167. The van der Waals surface area contributed by atoms with Gasteiger partial charge in [0.05, 0.1) is 12.8 Å². The second kappa shape index (κ2) is 8.50. The SMILES string of the molecule is COC(=O)CCCCc1nc(-c2ccccc2NC(=O)C(F)(F)F)co1. The van der Waals surface area contributed by atoms with E-state index in [1.165, 1.54) is 31.6 Å². The first-order valence-corrected chi connectivity index (χ1v) is 7.80. The molecule has 0 bridgehead atoms. The minimum absolute atomic E-state index is 0.0135. The van der Waals surface area contributed by atoms with Crippen LogP contribution in [0.4, 0.5) is 18.9 Å². The van der Waals surface area contributed by atoms with E-state index in [0.717, 1.165) is 0 Å². The normalized spacial score (nSPS) is 11.2. The molecule has 1 aromatic heterocycles. The molecule has 0 aliphatic carbocycles. The quantitative estimate of drug-likeness (QED) is 0.593. The fourth-order valence-electron chi connectivity index (χ4n) is 2.21. The fraction of sp³-hybridized carbons (Fsp3) is 0.353. The molecule has 0 spiro atoms. The van der Waals surface area contributed by atoms with E-state index in [1.54, 1.807) is 6.07 Å². The van der Waals surface area contributed by atoms with E-state index in [-0.39, 0.29) is 18.1 Å². The minimum Gasteiger partial charge on any atom is -0.469 e. The number of anilines is 1. The van der Waals surface area contributed by atoms with E-state index in [1.807, 2.05) is 5.32 Å². The smallest absolute Gasteiger partial charge is 0.469 e. The number of methoxy groups -OCH3 is 1. The van der Waals surface area contributed by atoms with Gasteiger partial charge in [-0.25, -0.2) is 4.98 Å². The molecule has 6 nitrogen and oxygen atoms in total. The number of amides is 1. The van der Waals surface area contributed by atoms with Gasteiger partial charge in [-0.3, -0.25) is 9.59 Å². The molecular weight excluding hydrogens is 353 g/mol. The third-order valence-corrected chi connectivity index (χ3v) is 3.51. The van der Waals surface area contributed by atoms with Crippen LogP contribution in [0.25, 0.3) is 11.3 Å². The number of carbonyl (C=O) groups excluding carboxylic acids is 2. The van der Waals surface area contributed by atoms with Crippen molar-refractivity contribution in [2.24, 2.45) is 0 Å². The monoisotopic (exact) mass is 370 g/mol. The van der Waals surface area contributed by atoms with Gasteiger partial charge in [-0.05, 0) is 18.9 Å². The van der Waals surface area contributed by atoms with E-state index in [9.17, 15) is 22.8 Å². The molecule has 1 amide bonds. The van der Waals surface area contributed by atoms with Crippen LogP contribution in [-0.2, 0) is 20.7 Å². The second-order valence-electron chi connectivity index (χ2n) is 5.41. The Bertz CT molecular complexity index is 771. The van der Waals surface area contributed by atoms with E-state index in [2.05, 4.69) is 9.72 Å². The largest absolute Gasteiger partial charge is 0.471 e. The number of hydrogen-bond donors (Lipinski definition) is 1. The maximum Gasteiger partial charge on any atom is 0.471 e. The molecule has 0 radical (unpaired) electrons. The molecule has 9 heteroatoms. The van der Waals surface area contributed by atoms with Gasteiger partial charge in [0.25, 0.3) is 0 Å². The Hall–Kier alpha value is -2.84. The van der Waals surface area contributed by atoms with Crippen LogP contribution in [0.1, 0.15) is 25.2 Å². The van der Waals surface area contributed by atoms with Crippen LogP contribution < -0.4 is 5.32 Å². The van der Waals surface area contributed by atoms with Crippen LogP contribution in [0.2, 0.25) is 0 Å². The van der Waals surface area contributed by atoms with Gasteiger partial charge < -0.3 is 14.5 Å². The zero-order valence-corrected chi connectivity index (χ0v) is 13.9. The van der Waals surface area contributed by atoms with Crippen molar-refractivity contribution in [3.05, 3.63) is 36.4 Å². The molecule has 0 aliphatic rings. The van der Waals surface area contributed by atoms with Gasteiger partial charge in [0.2, 0.25) is 0 Å². The highest BCUT2D eigenvalue weighted by Crippen LogP contribution is 2.29. The Morgan fingerprint density at radius 2 is 1.96 bits per heavy atom. The van der Waals surface area contributed by atoms with Crippen molar-refractivity contribution in [3.63, 3.8) is 0 Å². The van der Waals surface area contributed by atoms with Crippen molar-refractivity contribution in [2.45, 2.75) is 31.9 Å². The minimum atomic E-state index is -4.98. The number of alkyl halides is 3. The number of oxazole rings is 1. The number of halogens is 3. The van der Waals surface area contributed by atoms with Crippen LogP contribution in [0.5, 0.6) is 0 Å². The lowest BCUT2D eigenvalue weighted by Gasteiger charge is -2.10. The third-order valence-electron chi connectivity index (χ3n) is 3.51. The predicted molar refractivity (Wildman–Crippen MR) is 86.2 cm³/mol. The van der Waals surface area contributed by atoms with Gasteiger partial charge in [-0.1, -0.05) is 18.2 Å². The number of carbonyl (C=O) groups is 2. The maximum atomic E-state index is 12.4. The summed E-state index contributed by atoms with van der Waals surface area (Å²) in [6.07, 6.45) is -1.68. The van der Waals surface area contributed by atoms with E-state index in [4.69, 9.17) is 4.42 Å². The van der Waals surface area contributed by atoms with Crippen molar-refractivity contribution in [3.8, 4) is 11.3 Å². The van der Waals surface area contributed by atoms with Crippen LogP contribution >= 0.6 is 0 Å². The summed E-state index contributed by atoms with van der Waals surface area (Å²) in [7, 11) is 1.32. The Morgan fingerprint density at radius 3 is 2.65 bits per heavy atom. The van der Waals surface area contributed by atoms with Gasteiger partial charge in [-0.15, -0.1) is 0 Å². The summed E-state index contributed by atoms with van der Waals surface area (Å²) in [5.74, 6) is -1.97. The molecule has 0 unspecified atom stereocenters. The Kier molecular flexibility index (Phi) is 6.37. The summed E-state index contributed by atoms with van der Waals surface area (Å²) in [5.41, 5.74) is 0.612. The number of rotatable bonds is 7. The van der Waals surface area contributed by atoms with Crippen molar-refractivity contribution in [1.29, 1.82) is 0 Å². The molecular formula is C17H17F3N2O4. The zero-order valence-electron chi connectivity index (χ0n) is 13.9. The van der Waals surface area contributed by atoms with Gasteiger partial charge in [0, 0.05) is 18.4 Å². The van der Waals surface area contributed by atoms with Crippen LogP contribution in [-0.4, -0.2) is 30.1 Å². The molecule has 1 heterocycles. The fourth-order valence-corrected chi connectivity index (χ4v) is 2.21. The molecule has 140 valence electrons. The number of para-hydroxylation sites is 1. The highest BCUT2D eigenvalue weighted by molar-refractivity contribution is 5.98. The van der Waals surface area contributed by atoms with E-state index >= 15 is 0 Å². The Morgan fingerprint density at radius 1 is 1.23 bits per heavy atom. The first-order chi connectivity index (χ1) is 12.3. The van der Waals surface area contributed by atoms with Crippen molar-refractivity contribution < 1.29 is 31.9 Å². The molecule has 26 heavy (non-hydrogen) atoms. The number of hydrogen-bond acceptors (Lipinski definition) is 5. The van der Waals surface area contributed by atoms with Crippen molar-refractivity contribution >= 4 is 17.6 Å². The molecule has 0 atom stereocenters. The molecule has 0 fully saturated rings. The number of benzene rings is 1. The summed E-state index contributed by atoms with van der Waals surface area (Å²) >= 11 is 0. The van der Waals surface area contributed by atoms with E-state index in [0.29, 0.717) is 36.4 Å². The highest BCUT2D eigenvalue weighted by Gasteiger charge is 2.39. The molecule has 0 saturated carbocycles. The highest BCUT2D eigenvalue weighted by atomic mass is 19.4. The Balaban J connectivity index is 2.05. The third kappa shape index (κ3) is 5.33. The summed E-state index contributed by atoms with van der Waals surface area (Å²) in [6, 6.07) is 6.00. The average Bonchev–Trinajstić information content (AvgIpc) is 3.06. The van der Waals surface area contributed by atoms with Crippen molar-refractivity contribution in [2.75, 3.05) is 12.4 Å². The predicted octanol–water partition coefficient (Wildman–Crippen LogP) is 3.73. The standard InChI is InChI=1S/C17H17F3N2O4/c1-25-15(23)9-5-4-8-14-21-13(10-26-14)11-6-2-3-7-12(11)22-16(24)17(18,19)20/h2-3,6-7,10H,4-5,8-9H2,1H3,(H,22,24). The number of unbranched alkanes of at least 4 members (excludes halogenated alkanes) is 1. The molecule has 1 N–H and O–H groups in total. The number of ether oxygens (including phenoxy) is 1. The second-order valence-corrected chi connectivity index (χ2v) is 5.41. The number of nitrogens with zero attached hydrogens (tertiary/aromatic N) is 1. The first kappa shape index (κ1) is 19.5. The Labute approximate surface area is 147 Å². The molecule has 2 rings (SSSR count). The van der Waals surface area contributed by atoms with Gasteiger partial charge in [0.1, 0.15) is 12.0 Å². The number of esters is 1. The molecule has 0 saturated heterocycles. The summed E-state index contributed by atoms with van der Waals surface area (Å²) in [5, 5.41) is 1.83. The summed E-state index contributed by atoms with van der Waals surface area (Å²) in [4.78, 5) is 26.4. The lowest BCUT2D eigenvalue weighted by Crippen LogP contribution is -2.30. The topological polar surface area (TPSA) is 81.4 Å². The maximum absolute atomic E-state index is 12.4. The number of aromatic nitrogens is 1. The van der Waals surface area contributed by atoms with E-state index < -0.39 is 12.1 Å². The van der Waals surface area contributed by atoms with Crippen LogP contribution in [0.3, 0.4) is 0 Å². The van der Waals surface area contributed by atoms with Crippen molar-refractivity contribution in [1.82, 2.24) is 4.98 Å². The van der Waals surface area contributed by atoms with Gasteiger partial charge in [-0.2, -0.15) is 13.2 Å². The lowest BCUT2D eigenvalue weighted by atomic mass is 10.1.